The number of hydrogen-bond donors (Lipinski definition) is 1. The lowest BCUT2D eigenvalue weighted by Crippen LogP contribution is -2.28. The van der Waals surface area contributed by atoms with Gasteiger partial charge in [-0.1, -0.05) is 48.0 Å². The van der Waals surface area contributed by atoms with Gasteiger partial charge in [-0.25, -0.2) is 4.98 Å². The van der Waals surface area contributed by atoms with Gasteiger partial charge in [-0.05, 0) is 55.0 Å². The van der Waals surface area contributed by atoms with Crippen molar-refractivity contribution in [2.24, 2.45) is 4.99 Å². The summed E-state index contributed by atoms with van der Waals surface area (Å²) in [6.07, 6.45) is 3.47. The average Bonchev–Trinajstić information content (AvgIpc) is 3.42. The SMILES string of the molecule is COc1nc(-c2cccc(-c3cccc4c3CCC4)c2Cl)ccc1C1=NC[C@H](C)N1. The zero-order valence-electron chi connectivity index (χ0n) is 17.2. The van der Waals surface area contributed by atoms with Gasteiger partial charge < -0.3 is 10.1 Å². The number of fused-ring (bicyclic) bond motifs is 1. The van der Waals surface area contributed by atoms with Crippen molar-refractivity contribution >= 4 is 17.4 Å². The molecule has 1 atom stereocenters. The predicted octanol–water partition coefficient (Wildman–Crippen LogP) is 5.30. The first kappa shape index (κ1) is 19.1. The Morgan fingerprint density at radius 1 is 0.967 bits per heavy atom. The second-order valence-corrected chi connectivity index (χ2v) is 8.33. The number of aliphatic imine (C=N–C) groups is 1. The van der Waals surface area contributed by atoms with E-state index in [1.54, 1.807) is 7.11 Å². The first-order chi connectivity index (χ1) is 14.7. The highest BCUT2D eigenvalue weighted by Gasteiger charge is 2.21. The third-order valence-corrected chi connectivity index (χ3v) is 6.33. The third kappa shape index (κ3) is 3.25. The van der Waals surface area contributed by atoms with Gasteiger partial charge in [0.05, 0.1) is 29.9 Å². The normalized spacial score (nSPS) is 17.4. The number of aromatic nitrogens is 1. The van der Waals surface area contributed by atoms with Crippen LogP contribution in [0.15, 0.2) is 53.5 Å². The van der Waals surface area contributed by atoms with Gasteiger partial charge in [0.2, 0.25) is 5.88 Å². The van der Waals surface area contributed by atoms with Crippen LogP contribution in [0.25, 0.3) is 22.4 Å². The molecule has 152 valence electrons. The van der Waals surface area contributed by atoms with E-state index < -0.39 is 0 Å². The van der Waals surface area contributed by atoms with Crippen molar-refractivity contribution in [3.63, 3.8) is 0 Å². The molecule has 0 spiro atoms. The molecule has 0 amide bonds. The first-order valence-corrected chi connectivity index (χ1v) is 10.8. The fraction of sp³-hybridized carbons (Fsp3) is 0.280. The molecule has 5 rings (SSSR count). The summed E-state index contributed by atoms with van der Waals surface area (Å²) in [4.78, 5) is 9.33. The van der Waals surface area contributed by atoms with E-state index in [4.69, 9.17) is 21.3 Å². The van der Waals surface area contributed by atoms with Gasteiger partial charge in [-0.15, -0.1) is 0 Å². The molecule has 0 saturated carbocycles. The van der Waals surface area contributed by atoms with Gasteiger partial charge in [0, 0.05) is 17.2 Å². The first-order valence-electron chi connectivity index (χ1n) is 10.4. The number of methoxy groups -OCH3 is 1. The number of ether oxygens (including phenoxy) is 1. The number of amidine groups is 1. The monoisotopic (exact) mass is 417 g/mol. The maximum Gasteiger partial charge on any atom is 0.224 e. The van der Waals surface area contributed by atoms with E-state index in [1.165, 1.54) is 23.1 Å². The molecule has 0 unspecified atom stereocenters. The average molecular weight is 418 g/mol. The van der Waals surface area contributed by atoms with E-state index in [9.17, 15) is 0 Å². The fourth-order valence-corrected chi connectivity index (χ4v) is 4.78. The quantitative estimate of drug-likeness (QED) is 0.626. The minimum Gasteiger partial charge on any atom is -0.480 e. The summed E-state index contributed by atoms with van der Waals surface area (Å²) >= 11 is 6.94. The van der Waals surface area contributed by atoms with Crippen LogP contribution in [0.4, 0.5) is 0 Å². The molecule has 1 aromatic heterocycles. The van der Waals surface area contributed by atoms with Crippen LogP contribution in [0, 0.1) is 0 Å². The molecular formula is C25H24ClN3O. The second kappa shape index (κ2) is 7.77. The second-order valence-electron chi connectivity index (χ2n) is 7.95. The Labute approximate surface area is 182 Å². The van der Waals surface area contributed by atoms with E-state index in [0.29, 0.717) is 11.9 Å². The van der Waals surface area contributed by atoms with E-state index >= 15 is 0 Å². The van der Waals surface area contributed by atoms with Crippen molar-refractivity contribution in [2.45, 2.75) is 32.2 Å². The smallest absolute Gasteiger partial charge is 0.224 e. The number of halogens is 1. The van der Waals surface area contributed by atoms with Crippen LogP contribution in [-0.4, -0.2) is 30.5 Å². The molecule has 2 heterocycles. The van der Waals surface area contributed by atoms with Crippen molar-refractivity contribution in [3.05, 3.63) is 70.2 Å². The minimum absolute atomic E-state index is 0.322. The number of aryl methyl sites for hydroxylation is 1. The van der Waals surface area contributed by atoms with Crippen molar-refractivity contribution in [1.29, 1.82) is 0 Å². The lowest BCUT2D eigenvalue weighted by molar-refractivity contribution is 0.397. The molecule has 2 aliphatic rings. The van der Waals surface area contributed by atoms with Gasteiger partial charge in [0.15, 0.2) is 0 Å². The molecule has 0 saturated heterocycles. The summed E-state index contributed by atoms with van der Waals surface area (Å²) in [6, 6.07) is 17.0. The summed E-state index contributed by atoms with van der Waals surface area (Å²) < 4.78 is 5.60. The summed E-state index contributed by atoms with van der Waals surface area (Å²) in [7, 11) is 1.64. The summed E-state index contributed by atoms with van der Waals surface area (Å²) in [5.74, 6) is 1.38. The minimum atomic E-state index is 0.322. The van der Waals surface area contributed by atoms with E-state index in [2.05, 4.69) is 47.6 Å². The zero-order chi connectivity index (χ0) is 20.7. The standard InChI is InChI=1S/C25H24ClN3O/c1-15-14-27-24(28-15)21-12-13-22(29-25(21)30-2)20-11-5-10-19(23(20)26)18-9-4-7-16-6-3-8-17(16)18/h4-5,7,9-13,15H,3,6,8,14H2,1-2H3,(H,27,28)/t15-/m0/s1. The Bertz CT molecular complexity index is 1160. The van der Waals surface area contributed by atoms with E-state index in [-0.39, 0.29) is 0 Å². The van der Waals surface area contributed by atoms with Crippen LogP contribution in [0.3, 0.4) is 0 Å². The maximum atomic E-state index is 6.94. The highest BCUT2D eigenvalue weighted by Crippen LogP contribution is 2.40. The lowest BCUT2D eigenvalue weighted by atomic mass is 9.95. The fourth-order valence-electron chi connectivity index (χ4n) is 4.45. The van der Waals surface area contributed by atoms with Gasteiger partial charge in [0.25, 0.3) is 0 Å². The Hall–Kier alpha value is -2.85. The van der Waals surface area contributed by atoms with Gasteiger partial charge in [-0.2, -0.15) is 0 Å². The van der Waals surface area contributed by atoms with Crippen LogP contribution >= 0.6 is 11.6 Å². The van der Waals surface area contributed by atoms with Crippen molar-refractivity contribution < 1.29 is 4.74 Å². The molecule has 0 radical (unpaired) electrons. The Balaban J connectivity index is 1.58. The molecule has 0 bridgehead atoms. The van der Waals surface area contributed by atoms with Crippen LogP contribution in [0.1, 0.15) is 30.0 Å². The largest absolute Gasteiger partial charge is 0.480 e. The Morgan fingerprint density at radius 2 is 1.77 bits per heavy atom. The molecule has 4 nitrogen and oxygen atoms in total. The van der Waals surface area contributed by atoms with Crippen molar-refractivity contribution in [1.82, 2.24) is 10.3 Å². The molecule has 3 aromatic rings. The molecule has 5 heteroatoms. The van der Waals surface area contributed by atoms with Crippen molar-refractivity contribution in [2.75, 3.05) is 13.7 Å². The number of rotatable bonds is 4. The van der Waals surface area contributed by atoms with Crippen molar-refractivity contribution in [3.8, 4) is 28.3 Å². The number of nitrogens with one attached hydrogen (secondary N) is 1. The van der Waals surface area contributed by atoms with Gasteiger partial charge in [-0.3, -0.25) is 4.99 Å². The van der Waals surface area contributed by atoms with Crippen LogP contribution in [0.2, 0.25) is 5.02 Å². The maximum absolute atomic E-state index is 6.94. The number of benzene rings is 2. The summed E-state index contributed by atoms with van der Waals surface area (Å²) in [6.45, 7) is 2.87. The predicted molar refractivity (Wildman–Crippen MR) is 123 cm³/mol. The van der Waals surface area contributed by atoms with Crippen LogP contribution in [0.5, 0.6) is 5.88 Å². The highest BCUT2D eigenvalue weighted by atomic mass is 35.5. The highest BCUT2D eigenvalue weighted by molar-refractivity contribution is 6.36. The molecule has 0 fully saturated rings. The van der Waals surface area contributed by atoms with Gasteiger partial charge in [0.1, 0.15) is 5.84 Å². The Morgan fingerprint density at radius 3 is 2.57 bits per heavy atom. The van der Waals surface area contributed by atoms with E-state index in [1.807, 2.05) is 18.2 Å². The van der Waals surface area contributed by atoms with Crippen LogP contribution in [-0.2, 0) is 12.8 Å². The van der Waals surface area contributed by atoms with E-state index in [0.717, 1.165) is 52.6 Å². The number of nitrogens with zero attached hydrogens (tertiary/aromatic N) is 2. The molecule has 30 heavy (non-hydrogen) atoms. The zero-order valence-corrected chi connectivity index (χ0v) is 18.0. The lowest BCUT2D eigenvalue weighted by Gasteiger charge is -2.15. The summed E-state index contributed by atoms with van der Waals surface area (Å²) in [5.41, 5.74) is 7.74. The Kier molecular flexibility index (Phi) is 4.95. The van der Waals surface area contributed by atoms with Gasteiger partial charge >= 0.3 is 0 Å². The van der Waals surface area contributed by atoms with Crippen LogP contribution < -0.4 is 10.1 Å². The molecule has 2 aromatic carbocycles. The number of pyridine rings is 1. The number of hydrogen-bond acceptors (Lipinski definition) is 4. The topological polar surface area (TPSA) is 46.5 Å². The molecule has 1 N–H and O–H groups in total. The third-order valence-electron chi connectivity index (χ3n) is 5.93. The molecule has 1 aliphatic heterocycles. The molecular weight excluding hydrogens is 394 g/mol. The molecule has 1 aliphatic carbocycles. The summed E-state index contributed by atoms with van der Waals surface area (Å²) in [5, 5.41) is 4.10.